The largest absolute Gasteiger partial charge is 0.497 e. The molecule has 0 bridgehead atoms. The van der Waals surface area contributed by atoms with E-state index >= 15 is 0 Å². The fourth-order valence-corrected chi connectivity index (χ4v) is 2.13. The van der Waals surface area contributed by atoms with Gasteiger partial charge in [-0.1, -0.05) is 41.4 Å². The summed E-state index contributed by atoms with van der Waals surface area (Å²) in [6, 6.07) is 12.8. The van der Waals surface area contributed by atoms with E-state index in [0.29, 0.717) is 16.5 Å². The Kier molecular flexibility index (Phi) is 4.70. The number of rotatable bonds is 4. The van der Waals surface area contributed by atoms with Crippen molar-refractivity contribution in [3.63, 3.8) is 0 Å². The smallest absolute Gasteiger partial charge is 0.118 e. The molecule has 1 unspecified atom stereocenters. The Morgan fingerprint density at radius 1 is 1.05 bits per heavy atom. The molecule has 0 saturated heterocycles. The SMILES string of the molecule is COc1ccc(CC(O)c2ccc(Cl)c(Cl)c2)cc1. The van der Waals surface area contributed by atoms with Crippen molar-refractivity contribution in [2.45, 2.75) is 12.5 Å². The summed E-state index contributed by atoms with van der Waals surface area (Å²) in [5.74, 6) is 0.799. The minimum absolute atomic E-state index is 0.452. The summed E-state index contributed by atoms with van der Waals surface area (Å²) in [4.78, 5) is 0. The highest BCUT2D eigenvalue weighted by atomic mass is 35.5. The first-order chi connectivity index (χ1) is 9.10. The highest BCUT2D eigenvalue weighted by molar-refractivity contribution is 6.42. The van der Waals surface area contributed by atoms with E-state index in [0.717, 1.165) is 16.9 Å². The zero-order valence-corrected chi connectivity index (χ0v) is 11.9. The number of hydrogen-bond acceptors (Lipinski definition) is 2. The molecule has 0 spiro atoms. The van der Waals surface area contributed by atoms with Gasteiger partial charge in [0.2, 0.25) is 0 Å². The Balaban J connectivity index is 2.10. The molecular formula is C15H14Cl2O2. The molecule has 19 heavy (non-hydrogen) atoms. The van der Waals surface area contributed by atoms with Crippen molar-refractivity contribution in [1.82, 2.24) is 0 Å². The van der Waals surface area contributed by atoms with Crippen LogP contribution in [-0.4, -0.2) is 12.2 Å². The van der Waals surface area contributed by atoms with Crippen LogP contribution in [-0.2, 0) is 6.42 Å². The Hall–Kier alpha value is -1.22. The normalized spacial score (nSPS) is 12.2. The molecule has 0 heterocycles. The second-order valence-electron chi connectivity index (χ2n) is 4.24. The Morgan fingerprint density at radius 3 is 2.32 bits per heavy atom. The maximum absolute atomic E-state index is 10.2. The van der Waals surface area contributed by atoms with Crippen molar-refractivity contribution in [1.29, 1.82) is 0 Å². The van der Waals surface area contributed by atoms with E-state index in [9.17, 15) is 5.11 Å². The quantitative estimate of drug-likeness (QED) is 0.912. The summed E-state index contributed by atoms with van der Waals surface area (Å²) in [6.45, 7) is 0. The number of ether oxygens (including phenoxy) is 1. The van der Waals surface area contributed by atoms with Crippen LogP contribution in [0.2, 0.25) is 10.0 Å². The Morgan fingerprint density at radius 2 is 1.74 bits per heavy atom. The minimum Gasteiger partial charge on any atom is -0.497 e. The van der Waals surface area contributed by atoms with E-state index in [1.165, 1.54) is 0 Å². The van der Waals surface area contributed by atoms with Gasteiger partial charge in [-0.3, -0.25) is 0 Å². The maximum atomic E-state index is 10.2. The molecule has 0 amide bonds. The summed E-state index contributed by atoms with van der Waals surface area (Å²) in [5.41, 5.74) is 1.78. The summed E-state index contributed by atoms with van der Waals surface area (Å²) in [7, 11) is 1.62. The van der Waals surface area contributed by atoms with Crippen LogP contribution < -0.4 is 4.74 Å². The zero-order valence-electron chi connectivity index (χ0n) is 10.4. The molecule has 4 heteroatoms. The van der Waals surface area contributed by atoms with E-state index in [1.807, 2.05) is 24.3 Å². The molecule has 0 aliphatic heterocycles. The molecule has 0 aromatic heterocycles. The molecule has 2 rings (SSSR count). The average molecular weight is 297 g/mol. The van der Waals surface area contributed by atoms with Crippen LogP contribution in [0.4, 0.5) is 0 Å². The molecule has 2 aromatic carbocycles. The molecule has 2 aromatic rings. The molecule has 0 saturated carbocycles. The number of aliphatic hydroxyl groups is 1. The van der Waals surface area contributed by atoms with Crippen molar-refractivity contribution in [2.75, 3.05) is 7.11 Å². The summed E-state index contributed by atoms with van der Waals surface area (Å²) >= 11 is 11.8. The van der Waals surface area contributed by atoms with Crippen LogP contribution in [0, 0.1) is 0 Å². The average Bonchev–Trinajstić information content (AvgIpc) is 2.42. The first kappa shape index (κ1) is 14.2. The lowest BCUT2D eigenvalue weighted by Crippen LogP contribution is -2.01. The van der Waals surface area contributed by atoms with Gasteiger partial charge in [-0.15, -0.1) is 0 Å². The third-order valence-electron chi connectivity index (χ3n) is 2.92. The van der Waals surface area contributed by atoms with Crippen molar-refractivity contribution in [3.8, 4) is 5.75 Å². The van der Waals surface area contributed by atoms with E-state index in [-0.39, 0.29) is 0 Å². The Bertz CT molecular complexity index is 553. The van der Waals surface area contributed by atoms with Gasteiger partial charge < -0.3 is 9.84 Å². The second kappa shape index (κ2) is 6.29. The van der Waals surface area contributed by atoms with Crippen molar-refractivity contribution >= 4 is 23.2 Å². The predicted octanol–water partition coefficient (Wildman–Crippen LogP) is 4.28. The Labute approximate surface area is 122 Å². The number of hydrogen-bond donors (Lipinski definition) is 1. The van der Waals surface area contributed by atoms with E-state index < -0.39 is 6.10 Å². The van der Waals surface area contributed by atoms with Crippen molar-refractivity contribution in [3.05, 3.63) is 63.6 Å². The molecule has 0 aliphatic carbocycles. The monoisotopic (exact) mass is 296 g/mol. The molecule has 0 radical (unpaired) electrons. The lowest BCUT2D eigenvalue weighted by Gasteiger charge is -2.12. The molecule has 2 nitrogen and oxygen atoms in total. The fourth-order valence-electron chi connectivity index (χ4n) is 1.82. The highest BCUT2D eigenvalue weighted by Crippen LogP contribution is 2.27. The fraction of sp³-hybridized carbons (Fsp3) is 0.200. The summed E-state index contributed by atoms with van der Waals surface area (Å²) in [6.07, 6.45) is -0.0924. The van der Waals surface area contributed by atoms with Gasteiger partial charge in [-0.2, -0.15) is 0 Å². The third-order valence-corrected chi connectivity index (χ3v) is 3.66. The van der Waals surface area contributed by atoms with E-state index in [4.69, 9.17) is 27.9 Å². The van der Waals surface area contributed by atoms with Gasteiger partial charge in [0.15, 0.2) is 0 Å². The lowest BCUT2D eigenvalue weighted by atomic mass is 10.0. The van der Waals surface area contributed by atoms with Crippen molar-refractivity contribution < 1.29 is 9.84 Å². The minimum atomic E-state index is -0.608. The second-order valence-corrected chi connectivity index (χ2v) is 5.06. The van der Waals surface area contributed by atoms with Crippen LogP contribution in [0.3, 0.4) is 0 Å². The topological polar surface area (TPSA) is 29.5 Å². The number of methoxy groups -OCH3 is 1. The third kappa shape index (κ3) is 3.63. The number of benzene rings is 2. The maximum Gasteiger partial charge on any atom is 0.118 e. The van der Waals surface area contributed by atoms with Gasteiger partial charge >= 0.3 is 0 Å². The van der Waals surface area contributed by atoms with E-state index in [2.05, 4.69) is 0 Å². The summed E-state index contributed by atoms with van der Waals surface area (Å²) < 4.78 is 5.09. The molecule has 100 valence electrons. The molecule has 1 N–H and O–H groups in total. The molecule has 1 atom stereocenters. The highest BCUT2D eigenvalue weighted by Gasteiger charge is 2.10. The van der Waals surface area contributed by atoms with Crippen LogP contribution in [0.5, 0.6) is 5.75 Å². The van der Waals surface area contributed by atoms with E-state index in [1.54, 1.807) is 25.3 Å². The van der Waals surface area contributed by atoms with Gasteiger partial charge in [-0.05, 0) is 35.4 Å². The van der Waals surface area contributed by atoms with Gasteiger partial charge in [-0.25, -0.2) is 0 Å². The zero-order chi connectivity index (χ0) is 13.8. The predicted molar refractivity (Wildman–Crippen MR) is 78.1 cm³/mol. The first-order valence-electron chi connectivity index (χ1n) is 5.86. The molecule has 0 fully saturated rings. The first-order valence-corrected chi connectivity index (χ1v) is 6.61. The number of aliphatic hydroxyl groups excluding tert-OH is 1. The van der Waals surface area contributed by atoms with Gasteiger partial charge in [0.1, 0.15) is 5.75 Å². The van der Waals surface area contributed by atoms with Gasteiger partial charge in [0.25, 0.3) is 0 Å². The van der Waals surface area contributed by atoms with Crippen LogP contribution in [0.1, 0.15) is 17.2 Å². The molecular weight excluding hydrogens is 283 g/mol. The van der Waals surface area contributed by atoms with Crippen LogP contribution in [0.15, 0.2) is 42.5 Å². The standard InChI is InChI=1S/C15H14Cl2O2/c1-19-12-5-2-10(3-6-12)8-15(18)11-4-7-13(16)14(17)9-11/h2-7,9,15,18H,8H2,1H3. The van der Waals surface area contributed by atoms with Gasteiger partial charge in [0, 0.05) is 6.42 Å². The van der Waals surface area contributed by atoms with Crippen LogP contribution >= 0.6 is 23.2 Å². The molecule has 0 aliphatic rings. The lowest BCUT2D eigenvalue weighted by molar-refractivity contribution is 0.178. The van der Waals surface area contributed by atoms with Crippen LogP contribution in [0.25, 0.3) is 0 Å². The van der Waals surface area contributed by atoms with Crippen molar-refractivity contribution in [2.24, 2.45) is 0 Å². The van der Waals surface area contributed by atoms with Gasteiger partial charge in [0.05, 0.1) is 23.3 Å². The summed E-state index contributed by atoms with van der Waals surface area (Å²) in [5, 5.41) is 11.1. The number of halogens is 2.